The summed E-state index contributed by atoms with van der Waals surface area (Å²) in [5.41, 5.74) is 6.76. The fourth-order valence-corrected chi connectivity index (χ4v) is 4.58. The molecule has 0 spiro atoms. The first-order valence-corrected chi connectivity index (χ1v) is 14.8. The minimum atomic E-state index is -1.43. The number of hydrogen-bond acceptors (Lipinski definition) is 11. The number of nitrogens with two attached hydrogens (primary N) is 1. The summed E-state index contributed by atoms with van der Waals surface area (Å²) in [7, 11) is 4.39. The molecule has 0 aliphatic rings. The second-order valence-corrected chi connectivity index (χ2v) is 10.3. The molecule has 0 aliphatic heterocycles. The van der Waals surface area contributed by atoms with E-state index in [1.54, 1.807) is 49.1 Å². The van der Waals surface area contributed by atoms with E-state index in [4.69, 9.17) is 39.6 Å². The van der Waals surface area contributed by atoms with E-state index in [9.17, 15) is 9.90 Å². The lowest BCUT2D eigenvalue weighted by Gasteiger charge is -2.18. The van der Waals surface area contributed by atoms with Crippen LogP contribution in [0.2, 0.25) is 0 Å². The molecule has 5 aromatic rings. The topological polar surface area (TPSA) is 173 Å². The molecule has 0 atom stereocenters. The number of nitrogen functional groups attached to an aromatic ring is 1. The Morgan fingerprint density at radius 3 is 2.28 bits per heavy atom. The normalized spacial score (nSPS) is 10.9. The highest BCUT2D eigenvalue weighted by Gasteiger charge is 2.29. The Kier molecular flexibility index (Phi) is 10.4. The van der Waals surface area contributed by atoms with Gasteiger partial charge in [-0.05, 0) is 61.0 Å². The summed E-state index contributed by atoms with van der Waals surface area (Å²) in [5, 5.41) is 18.2. The number of aromatic nitrogens is 3. The Morgan fingerprint density at radius 1 is 0.960 bits per heavy atom. The highest BCUT2D eigenvalue weighted by molar-refractivity contribution is 5.95. The minimum absolute atomic E-state index is 0.0250. The molecule has 0 saturated carbocycles. The van der Waals surface area contributed by atoms with E-state index < -0.39 is 40.9 Å². The van der Waals surface area contributed by atoms with Crippen molar-refractivity contribution in [3.63, 3.8) is 0 Å². The van der Waals surface area contributed by atoms with Crippen molar-refractivity contribution in [1.29, 1.82) is 5.41 Å². The van der Waals surface area contributed by atoms with Crippen molar-refractivity contribution in [1.82, 2.24) is 14.5 Å². The van der Waals surface area contributed by atoms with Gasteiger partial charge >= 0.3 is 5.97 Å². The third-order valence-corrected chi connectivity index (χ3v) is 6.97. The summed E-state index contributed by atoms with van der Waals surface area (Å²) < 4.78 is 67.3. The lowest BCUT2D eigenvalue weighted by Crippen LogP contribution is -2.11. The number of aromatic hydroxyl groups is 1. The third kappa shape index (κ3) is 7.57. The van der Waals surface area contributed by atoms with Crippen LogP contribution in [0.25, 0.3) is 17.5 Å². The average Bonchev–Trinajstić information content (AvgIpc) is 3.54. The molecule has 0 amide bonds. The van der Waals surface area contributed by atoms with Gasteiger partial charge in [-0.1, -0.05) is 12.1 Å². The summed E-state index contributed by atoms with van der Waals surface area (Å²) in [6.07, 6.45) is 5.98. The molecule has 0 saturated heterocycles. The molecule has 0 unspecified atom stereocenters. The maximum absolute atomic E-state index is 16.3. The van der Waals surface area contributed by atoms with Crippen LogP contribution in [-0.4, -0.2) is 52.3 Å². The monoisotopic (exact) mass is 687 g/mol. The lowest BCUT2D eigenvalue weighted by atomic mass is 10.1. The number of aryl methyl sites for hydroxylation is 1. The third-order valence-electron chi connectivity index (χ3n) is 6.97. The first-order valence-electron chi connectivity index (χ1n) is 14.8. The van der Waals surface area contributed by atoms with Crippen molar-refractivity contribution >= 4 is 17.9 Å². The van der Waals surface area contributed by atoms with Gasteiger partial charge in [-0.25, -0.2) is 9.78 Å². The zero-order chi connectivity index (χ0) is 35.9. The van der Waals surface area contributed by atoms with Crippen LogP contribution in [0.15, 0.2) is 73.1 Å². The largest absolute Gasteiger partial charge is 0.504 e. The van der Waals surface area contributed by atoms with Crippen LogP contribution in [-0.2, 0) is 16.6 Å². The summed E-state index contributed by atoms with van der Waals surface area (Å²) in [5.74, 6) is -6.80. The number of pyridine rings is 1. The molecule has 3 aromatic carbocycles. The Labute approximate surface area is 284 Å². The van der Waals surface area contributed by atoms with Crippen molar-refractivity contribution in [2.45, 2.75) is 6.92 Å². The van der Waals surface area contributed by atoms with Gasteiger partial charge < -0.3 is 43.8 Å². The van der Waals surface area contributed by atoms with Crippen molar-refractivity contribution in [2.75, 3.05) is 20.8 Å². The summed E-state index contributed by atoms with van der Waals surface area (Å²) >= 11 is 0. The van der Waals surface area contributed by atoms with Gasteiger partial charge in [-0.3, -0.25) is 5.41 Å². The van der Waals surface area contributed by atoms with Gasteiger partial charge in [0.25, 0.3) is 11.8 Å². The number of nitrogens with one attached hydrogen (secondary N) is 1. The summed E-state index contributed by atoms with van der Waals surface area (Å²) in [6, 6.07) is 13.1. The zero-order valence-corrected chi connectivity index (χ0v) is 27.2. The number of ether oxygens (including phenoxy) is 6. The number of rotatable bonds is 13. The molecule has 2 aromatic heterocycles. The van der Waals surface area contributed by atoms with Gasteiger partial charge in [0.05, 0.1) is 20.8 Å². The van der Waals surface area contributed by atoms with Gasteiger partial charge in [-0.15, -0.1) is 0 Å². The lowest BCUT2D eigenvalue weighted by molar-refractivity contribution is -0.137. The molecule has 50 heavy (non-hydrogen) atoms. The second-order valence-electron chi connectivity index (χ2n) is 10.3. The van der Waals surface area contributed by atoms with Crippen molar-refractivity contribution < 1.29 is 47.1 Å². The van der Waals surface area contributed by atoms with E-state index in [1.807, 2.05) is 0 Å². The number of phenols is 1. The Morgan fingerprint density at radius 2 is 1.66 bits per heavy atom. The predicted molar refractivity (Wildman–Crippen MR) is 177 cm³/mol. The SMILES string of the molecule is CCOC(=O)C=Cc1cc(OC)c(Oc2c(F)c(Oc3cccc(-c4nccn4C)c3)nc(Oc3cc(C(=N)N)ccc3O)c2F)c(OC)c1. The molecular weight excluding hydrogens is 656 g/mol. The number of halogens is 2. The Hall–Kier alpha value is -6.64. The fourth-order valence-electron chi connectivity index (χ4n) is 4.58. The molecule has 0 radical (unpaired) electrons. The molecule has 4 N–H and O–H groups in total. The van der Waals surface area contributed by atoms with E-state index in [0.29, 0.717) is 17.0 Å². The highest BCUT2D eigenvalue weighted by Crippen LogP contribution is 2.46. The van der Waals surface area contributed by atoms with Crippen LogP contribution in [0, 0.1) is 17.0 Å². The van der Waals surface area contributed by atoms with Crippen molar-refractivity contribution in [3.8, 4) is 63.4 Å². The number of hydrogen-bond donors (Lipinski definition) is 3. The number of nitrogens with zero attached hydrogens (tertiary/aromatic N) is 3. The number of imidazole rings is 1. The predicted octanol–water partition coefficient (Wildman–Crippen LogP) is 6.72. The molecule has 0 fully saturated rings. The van der Waals surface area contributed by atoms with Crippen LogP contribution in [0.3, 0.4) is 0 Å². The number of methoxy groups -OCH3 is 2. The maximum atomic E-state index is 16.3. The van der Waals surface area contributed by atoms with Gasteiger partial charge in [-0.2, -0.15) is 13.8 Å². The van der Waals surface area contributed by atoms with Gasteiger partial charge in [0.15, 0.2) is 23.0 Å². The number of benzene rings is 3. The van der Waals surface area contributed by atoms with E-state index in [2.05, 4.69) is 9.97 Å². The Bertz CT molecular complexity index is 2070. The number of amidine groups is 1. The summed E-state index contributed by atoms with van der Waals surface area (Å²) in [4.78, 5) is 20.1. The number of esters is 1. The van der Waals surface area contributed by atoms with Crippen LogP contribution in [0.1, 0.15) is 18.1 Å². The minimum Gasteiger partial charge on any atom is -0.504 e. The highest BCUT2D eigenvalue weighted by atomic mass is 19.1. The molecule has 2 heterocycles. The maximum Gasteiger partial charge on any atom is 0.330 e. The van der Waals surface area contributed by atoms with Crippen LogP contribution >= 0.6 is 0 Å². The molecule has 0 bridgehead atoms. The molecule has 5 rings (SSSR count). The van der Waals surface area contributed by atoms with Gasteiger partial charge in [0, 0.05) is 36.6 Å². The smallest absolute Gasteiger partial charge is 0.330 e. The standard InChI is InChI=1S/C35H31F2N5O8/c1-5-47-27(44)12-9-19-15-25(45-3)30(26(16-19)46-4)50-31-28(36)34(48-22-8-6-7-21(17-22)33-40-13-14-42(33)2)41-35(29(31)37)49-24-18-20(32(38)39)10-11-23(24)43/h6-18,43H,5H2,1-4H3,(H3,38,39). The van der Waals surface area contributed by atoms with Gasteiger partial charge in [0.1, 0.15) is 17.4 Å². The second kappa shape index (κ2) is 15.1. The first kappa shape index (κ1) is 34.7. The fraction of sp³-hybridized carbons (Fsp3) is 0.143. The molecule has 15 heteroatoms. The number of carbonyl (C=O) groups is 1. The molecule has 258 valence electrons. The molecule has 0 aliphatic carbocycles. The molecular formula is C35H31F2N5O8. The number of phenolic OH excluding ortho intramolecular Hbond substituents is 1. The van der Waals surface area contributed by atoms with Crippen LogP contribution in [0.5, 0.6) is 52.0 Å². The zero-order valence-electron chi connectivity index (χ0n) is 27.2. The quantitative estimate of drug-likeness (QED) is 0.0519. The summed E-state index contributed by atoms with van der Waals surface area (Å²) in [6.45, 7) is 1.85. The number of carbonyl (C=O) groups excluding carboxylic acids is 1. The van der Waals surface area contributed by atoms with E-state index in [-0.39, 0.29) is 46.8 Å². The average molecular weight is 688 g/mol. The van der Waals surface area contributed by atoms with Crippen LogP contribution < -0.4 is 29.4 Å². The Balaban J connectivity index is 1.62. The van der Waals surface area contributed by atoms with Crippen molar-refractivity contribution in [3.05, 3.63) is 95.8 Å². The van der Waals surface area contributed by atoms with Crippen LogP contribution in [0.4, 0.5) is 8.78 Å². The first-order chi connectivity index (χ1) is 24.0. The van der Waals surface area contributed by atoms with E-state index in [1.165, 1.54) is 62.8 Å². The van der Waals surface area contributed by atoms with Gasteiger partial charge in [0.2, 0.25) is 23.1 Å². The van der Waals surface area contributed by atoms with E-state index >= 15 is 8.78 Å². The van der Waals surface area contributed by atoms with Crippen molar-refractivity contribution in [2.24, 2.45) is 12.8 Å². The van der Waals surface area contributed by atoms with E-state index in [0.717, 1.165) is 0 Å². The molecule has 13 nitrogen and oxygen atoms in total.